The quantitative estimate of drug-likeness (QED) is 0.469. The standard InChI is InChI=1S/C13H17N3O3/c1-10-7-11(3-4-12(10)16(18)19)13-8-14(2)5-6-15(13)9-17/h3-4,7,9,13H,5-6,8H2,1-2H3. The molecule has 1 aliphatic heterocycles. The fourth-order valence-corrected chi connectivity index (χ4v) is 2.45. The summed E-state index contributed by atoms with van der Waals surface area (Å²) < 4.78 is 0. The van der Waals surface area contributed by atoms with Crippen LogP contribution in [0.15, 0.2) is 18.2 Å². The Morgan fingerprint density at radius 2 is 2.16 bits per heavy atom. The van der Waals surface area contributed by atoms with Gasteiger partial charge in [-0.25, -0.2) is 0 Å². The lowest BCUT2D eigenvalue weighted by molar-refractivity contribution is -0.385. The van der Waals surface area contributed by atoms with Gasteiger partial charge in [0, 0.05) is 31.3 Å². The van der Waals surface area contributed by atoms with Crippen molar-refractivity contribution in [1.29, 1.82) is 0 Å². The van der Waals surface area contributed by atoms with Crippen molar-refractivity contribution in [3.8, 4) is 0 Å². The summed E-state index contributed by atoms with van der Waals surface area (Å²) in [5.74, 6) is 0. The number of aryl methyl sites for hydroxylation is 1. The summed E-state index contributed by atoms with van der Waals surface area (Å²) in [6.07, 6.45) is 0.856. The molecular weight excluding hydrogens is 246 g/mol. The number of hydrogen-bond donors (Lipinski definition) is 0. The lowest BCUT2D eigenvalue weighted by Gasteiger charge is -2.38. The molecule has 19 heavy (non-hydrogen) atoms. The molecular formula is C13H17N3O3. The van der Waals surface area contributed by atoms with Gasteiger partial charge in [-0.15, -0.1) is 0 Å². The highest BCUT2D eigenvalue weighted by molar-refractivity contribution is 5.50. The molecule has 1 heterocycles. The number of carbonyl (C=O) groups is 1. The second-order valence-corrected chi connectivity index (χ2v) is 4.92. The smallest absolute Gasteiger partial charge is 0.272 e. The maximum atomic E-state index is 11.1. The van der Waals surface area contributed by atoms with Gasteiger partial charge in [0.05, 0.1) is 11.0 Å². The molecule has 1 aliphatic rings. The molecule has 0 N–H and O–H groups in total. The highest BCUT2D eigenvalue weighted by atomic mass is 16.6. The predicted molar refractivity (Wildman–Crippen MR) is 70.8 cm³/mol. The van der Waals surface area contributed by atoms with Crippen molar-refractivity contribution in [2.45, 2.75) is 13.0 Å². The Hall–Kier alpha value is -1.95. The average Bonchev–Trinajstić information content (AvgIpc) is 2.38. The third-order valence-electron chi connectivity index (χ3n) is 3.56. The monoisotopic (exact) mass is 263 g/mol. The minimum atomic E-state index is -0.385. The molecule has 1 amide bonds. The van der Waals surface area contributed by atoms with Crippen LogP contribution in [0.3, 0.4) is 0 Å². The SMILES string of the molecule is Cc1cc(C2CN(C)CCN2C=O)ccc1[N+](=O)[O-]. The van der Waals surface area contributed by atoms with E-state index in [0.29, 0.717) is 12.1 Å². The summed E-state index contributed by atoms with van der Waals surface area (Å²) in [5, 5.41) is 10.8. The normalized spacial score (nSPS) is 20.3. The van der Waals surface area contributed by atoms with Crippen LogP contribution in [-0.2, 0) is 4.79 Å². The maximum absolute atomic E-state index is 11.1. The van der Waals surface area contributed by atoms with E-state index < -0.39 is 0 Å². The van der Waals surface area contributed by atoms with Gasteiger partial charge in [-0.1, -0.05) is 6.07 Å². The summed E-state index contributed by atoms with van der Waals surface area (Å²) in [6, 6.07) is 5.03. The van der Waals surface area contributed by atoms with E-state index in [1.54, 1.807) is 24.0 Å². The maximum Gasteiger partial charge on any atom is 0.272 e. The van der Waals surface area contributed by atoms with E-state index in [4.69, 9.17) is 0 Å². The van der Waals surface area contributed by atoms with Crippen molar-refractivity contribution in [2.24, 2.45) is 0 Å². The van der Waals surface area contributed by atoms with Gasteiger partial charge in [-0.3, -0.25) is 14.9 Å². The van der Waals surface area contributed by atoms with Gasteiger partial charge in [0.1, 0.15) is 0 Å². The molecule has 1 saturated heterocycles. The Kier molecular flexibility index (Phi) is 3.80. The summed E-state index contributed by atoms with van der Waals surface area (Å²) in [4.78, 5) is 25.4. The van der Waals surface area contributed by atoms with Gasteiger partial charge >= 0.3 is 0 Å². The van der Waals surface area contributed by atoms with Crippen molar-refractivity contribution >= 4 is 12.1 Å². The number of nitro groups is 1. The lowest BCUT2D eigenvalue weighted by Crippen LogP contribution is -2.46. The van der Waals surface area contributed by atoms with Crippen LogP contribution in [0.1, 0.15) is 17.2 Å². The predicted octanol–water partition coefficient (Wildman–Crippen LogP) is 1.35. The number of nitro benzene ring substituents is 1. The number of amides is 1. The molecule has 0 saturated carbocycles. The summed E-state index contributed by atoms with van der Waals surface area (Å²) >= 11 is 0. The van der Waals surface area contributed by atoms with Gasteiger partial charge in [0.25, 0.3) is 5.69 Å². The van der Waals surface area contributed by atoms with Crippen LogP contribution in [0.5, 0.6) is 0 Å². The average molecular weight is 263 g/mol. The molecule has 1 unspecified atom stereocenters. The van der Waals surface area contributed by atoms with Crippen molar-refractivity contribution < 1.29 is 9.72 Å². The summed E-state index contributed by atoms with van der Waals surface area (Å²) in [7, 11) is 2.01. The molecule has 0 spiro atoms. The molecule has 0 radical (unpaired) electrons. The number of likely N-dealkylation sites (N-methyl/N-ethyl adjacent to an activating group) is 1. The minimum Gasteiger partial charge on any atom is -0.336 e. The summed E-state index contributed by atoms with van der Waals surface area (Å²) in [5.41, 5.74) is 1.69. The van der Waals surface area contributed by atoms with Gasteiger partial charge < -0.3 is 9.80 Å². The van der Waals surface area contributed by atoms with E-state index >= 15 is 0 Å². The molecule has 1 aromatic rings. The molecule has 6 nitrogen and oxygen atoms in total. The first-order chi connectivity index (χ1) is 9.02. The zero-order valence-electron chi connectivity index (χ0n) is 11.1. The van der Waals surface area contributed by atoms with Crippen molar-refractivity contribution in [3.05, 3.63) is 39.4 Å². The number of piperazine rings is 1. The number of nitrogens with zero attached hydrogens (tertiary/aromatic N) is 3. The highest BCUT2D eigenvalue weighted by Crippen LogP contribution is 2.27. The molecule has 0 aliphatic carbocycles. The van der Waals surface area contributed by atoms with Crippen LogP contribution in [0.25, 0.3) is 0 Å². The number of hydrogen-bond acceptors (Lipinski definition) is 4. The second kappa shape index (κ2) is 5.36. The van der Waals surface area contributed by atoms with Crippen molar-refractivity contribution in [3.63, 3.8) is 0 Å². The van der Waals surface area contributed by atoms with Gasteiger partial charge in [0.2, 0.25) is 6.41 Å². The number of benzene rings is 1. The second-order valence-electron chi connectivity index (χ2n) is 4.92. The van der Waals surface area contributed by atoms with Crippen molar-refractivity contribution in [1.82, 2.24) is 9.80 Å². The molecule has 0 aromatic heterocycles. The highest BCUT2D eigenvalue weighted by Gasteiger charge is 2.26. The van der Waals surface area contributed by atoms with Crippen LogP contribution in [0, 0.1) is 17.0 Å². The Morgan fingerprint density at radius 3 is 2.74 bits per heavy atom. The molecule has 0 bridgehead atoms. The van der Waals surface area contributed by atoms with E-state index in [9.17, 15) is 14.9 Å². The number of carbonyl (C=O) groups excluding carboxylic acids is 1. The topological polar surface area (TPSA) is 66.7 Å². The molecule has 6 heteroatoms. The van der Waals surface area contributed by atoms with Crippen LogP contribution < -0.4 is 0 Å². The molecule has 1 fully saturated rings. The van der Waals surface area contributed by atoms with E-state index in [-0.39, 0.29) is 16.7 Å². The van der Waals surface area contributed by atoms with Gasteiger partial charge in [-0.05, 0) is 25.6 Å². The zero-order valence-corrected chi connectivity index (χ0v) is 11.1. The lowest BCUT2D eigenvalue weighted by atomic mass is 10.00. The minimum absolute atomic E-state index is 0.0317. The van der Waals surface area contributed by atoms with Crippen LogP contribution in [0.4, 0.5) is 5.69 Å². The molecule has 1 aromatic carbocycles. The first-order valence-corrected chi connectivity index (χ1v) is 6.17. The fourth-order valence-electron chi connectivity index (χ4n) is 2.45. The zero-order chi connectivity index (χ0) is 14.0. The third-order valence-corrected chi connectivity index (χ3v) is 3.56. The van der Waals surface area contributed by atoms with Crippen molar-refractivity contribution in [2.75, 3.05) is 26.7 Å². The van der Waals surface area contributed by atoms with E-state index in [1.165, 1.54) is 6.07 Å². The Morgan fingerprint density at radius 1 is 1.42 bits per heavy atom. The first kappa shape index (κ1) is 13.5. The van der Waals surface area contributed by atoms with Gasteiger partial charge in [0.15, 0.2) is 0 Å². The third kappa shape index (κ3) is 2.73. The molecule has 102 valence electrons. The van der Waals surface area contributed by atoms with Crippen LogP contribution in [-0.4, -0.2) is 47.8 Å². The number of rotatable bonds is 3. The van der Waals surface area contributed by atoms with E-state index in [1.807, 2.05) is 7.05 Å². The Bertz CT molecular complexity index is 504. The van der Waals surface area contributed by atoms with E-state index in [2.05, 4.69) is 4.90 Å². The van der Waals surface area contributed by atoms with Crippen LogP contribution in [0.2, 0.25) is 0 Å². The molecule has 2 rings (SSSR count). The fraction of sp³-hybridized carbons (Fsp3) is 0.462. The van der Waals surface area contributed by atoms with E-state index in [0.717, 1.165) is 25.1 Å². The van der Waals surface area contributed by atoms with Gasteiger partial charge in [-0.2, -0.15) is 0 Å². The summed E-state index contributed by atoms with van der Waals surface area (Å²) in [6.45, 7) is 4.00. The first-order valence-electron chi connectivity index (χ1n) is 6.17. The largest absolute Gasteiger partial charge is 0.336 e. The Balaban J connectivity index is 2.31. The van der Waals surface area contributed by atoms with Crippen LogP contribution >= 0.6 is 0 Å². The Labute approximate surface area is 111 Å². The molecule has 1 atom stereocenters.